The van der Waals surface area contributed by atoms with Crippen LogP contribution in [0.4, 0.5) is 5.69 Å². The maximum atomic E-state index is 11.8. The molecule has 100 valence electrons. The number of anilines is 1. The fraction of sp³-hybridized carbons (Fsp3) is 0.545. The molecule has 1 amide bonds. The second-order valence-electron chi connectivity index (χ2n) is 3.62. The van der Waals surface area contributed by atoms with E-state index in [1.54, 1.807) is 6.20 Å². The normalized spacial score (nSPS) is 10.2. The Morgan fingerprint density at radius 2 is 2.22 bits per heavy atom. The first-order chi connectivity index (χ1) is 8.60. The minimum absolute atomic E-state index is 0.0176. The number of halogens is 1. The van der Waals surface area contributed by atoms with Crippen LogP contribution >= 0.6 is 15.9 Å². The number of hydrogen-bond donors (Lipinski definition) is 2. The summed E-state index contributed by atoms with van der Waals surface area (Å²) < 4.78 is 1.80. The van der Waals surface area contributed by atoms with Gasteiger partial charge >= 0.3 is 0 Å². The van der Waals surface area contributed by atoms with E-state index in [-0.39, 0.29) is 11.5 Å². The molecule has 0 aliphatic carbocycles. The SMILES string of the molecule is CCNC(=O)CCNc1cnn(CC)c(=O)c1Br. The number of aryl methyl sites for hydroxylation is 1. The van der Waals surface area contributed by atoms with Crippen LogP contribution in [0.5, 0.6) is 0 Å². The van der Waals surface area contributed by atoms with Gasteiger partial charge < -0.3 is 10.6 Å². The van der Waals surface area contributed by atoms with E-state index in [1.807, 2.05) is 13.8 Å². The zero-order valence-electron chi connectivity index (χ0n) is 10.5. The third kappa shape index (κ3) is 3.83. The lowest BCUT2D eigenvalue weighted by atomic mass is 10.3. The molecule has 0 fully saturated rings. The number of nitrogens with one attached hydrogen (secondary N) is 2. The maximum absolute atomic E-state index is 11.8. The zero-order valence-corrected chi connectivity index (χ0v) is 12.1. The van der Waals surface area contributed by atoms with Crippen molar-refractivity contribution in [2.24, 2.45) is 0 Å². The van der Waals surface area contributed by atoms with Crippen LogP contribution < -0.4 is 16.2 Å². The van der Waals surface area contributed by atoms with Gasteiger partial charge in [0, 0.05) is 26.1 Å². The van der Waals surface area contributed by atoms with Crippen LogP contribution in [0.3, 0.4) is 0 Å². The molecule has 0 aromatic carbocycles. The highest BCUT2D eigenvalue weighted by molar-refractivity contribution is 9.10. The molecule has 18 heavy (non-hydrogen) atoms. The summed E-state index contributed by atoms with van der Waals surface area (Å²) in [6.45, 7) is 5.33. The Morgan fingerprint density at radius 3 is 2.83 bits per heavy atom. The highest BCUT2D eigenvalue weighted by Gasteiger charge is 2.07. The molecule has 0 saturated heterocycles. The summed E-state index contributed by atoms with van der Waals surface area (Å²) in [5, 5.41) is 9.72. The molecule has 0 unspecified atom stereocenters. The summed E-state index contributed by atoms with van der Waals surface area (Å²) in [4.78, 5) is 23.0. The third-order valence-corrected chi connectivity index (χ3v) is 3.09. The first-order valence-corrected chi connectivity index (χ1v) is 6.65. The van der Waals surface area contributed by atoms with Crippen molar-refractivity contribution in [3.8, 4) is 0 Å². The van der Waals surface area contributed by atoms with E-state index < -0.39 is 0 Å². The van der Waals surface area contributed by atoms with Gasteiger partial charge in [-0.15, -0.1) is 0 Å². The predicted octanol–water partition coefficient (Wildman–Crippen LogP) is 0.964. The Labute approximate surface area is 114 Å². The molecule has 0 radical (unpaired) electrons. The summed E-state index contributed by atoms with van der Waals surface area (Å²) in [5.41, 5.74) is 0.425. The lowest BCUT2D eigenvalue weighted by Gasteiger charge is -2.09. The quantitative estimate of drug-likeness (QED) is 0.819. The highest BCUT2D eigenvalue weighted by Crippen LogP contribution is 2.15. The predicted molar refractivity (Wildman–Crippen MR) is 73.7 cm³/mol. The van der Waals surface area contributed by atoms with Crippen molar-refractivity contribution in [2.45, 2.75) is 26.8 Å². The largest absolute Gasteiger partial charge is 0.382 e. The van der Waals surface area contributed by atoms with E-state index >= 15 is 0 Å². The van der Waals surface area contributed by atoms with Gasteiger partial charge in [0.05, 0.1) is 11.9 Å². The minimum atomic E-state index is -0.180. The van der Waals surface area contributed by atoms with E-state index in [2.05, 4.69) is 31.7 Å². The summed E-state index contributed by atoms with van der Waals surface area (Å²) in [7, 11) is 0. The van der Waals surface area contributed by atoms with Gasteiger partial charge in [-0.05, 0) is 29.8 Å². The van der Waals surface area contributed by atoms with Gasteiger partial charge in [0.1, 0.15) is 4.47 Å². The number of nitrogens with zero attached hydrogens (tertiary/aromatic N) is 2. The molecular weight excluding hydrogens is 300 g/mol. The van der Waals surface area contributed by atoms with Crippen LogP contribution in [0, 0.1) is 0 Å². The molecule has 0 aliphatic heterocycles. The molecule has 0 bridgehead atoms. The highest BCUT2D eigenvalue weighted by atomic mass is 79.9. The fourth-order valence-corrected chi connectivity index (χ4v) is 1.86. The Morgan fingerprint density at radius 1 is 1.50 bits per heavy atom. The van der Waals surface area contributed by atoms with Gasteiger partial charge in [-0.3, -0.25) is 9.59 Å². The standard InChI is InChI=1S/C11H17BrN4O2/c1-3-13-9(17)5-6-14-8-7-15-16(4-2)11(18)10(8)12/h7,14H,3-6H2,1-2H3,(H,13,17). The van der Waals surface area contributed by atoms with E-state index in [1.165, 1.54) is 4.68 Å². The van der Waals surface area contributed by atoms with Crippen LogP contribution in [0.2, 0.25) is 0 Å². The summed E-state index contributed by atoms with van der Waals surface area (Å²) in [6, 6.07) is 0. The van der Waals surface area contributed by atoms with E-state index in [0.29, 0.717) is 36.2 Å². The molecule has 2 N–H and O–H groups in total. The van der Waals surface area contributed by atoms with Gasteiger partial charge in [-0.1, -0.05) is 0 Å². The van der Waals surface area contributed by atoms with Crippen LogP contribution in [0.15, 0.2) is 15.5 Å². The van der Waals surface area contributed by atoms with Gasteiger partial charge in [-0.25, -0.2) is 4.68 Å². The topological polar surface area (TPSA) is 76.0 Å². The molecular formula is C11H17BrN4O2. The molecule has 0 saturated carbocycles. The van der Waals surface area contributed by atoms with Crippen LogP contribution in [0.1, 0.15) is 20.3 Å². The second-order valence-corrected chi connectivity index (χ2v) is 4.42. The van der Waals surface area contributed by atoms with Crippen molar-refractivity contribution in [3.05, 3.63) is 21.0 Å². The fourth-order valence-electron chi connectivity index (χ4n) is 1.41. The zero-order chi connectivity index (χ0) is 13.5. The van der Waals surface area contributed by atoms with Gasteiger partial charge in [-0.2, -0.15) is 5.10 Å². The molecule has 7 heteroatoms. The Bertz CT molecular complexity index is 473. The van der Waals surface area contributed by atoms with Crippen molar-refractivity contribution < 1.29 is 4.79 Å². The molecule has 1 aromatic rings. The number of aromatic nitrogens is 2. The first kappa shape index (κ1) is 14.7. The Hall–Kier alpha value is -1.37. The van der Waals surface area contributed by atoms with Crippen molar-refractivity contribution in [1.82, 2.24) is 15.1 Å². The molecule has 1 rings (SSSR count). The van der Waals surface area contributed by atoms with E-state index in [0.717, 1.165) is 0 Å². The van der Waals surface area contributed by atoms with E-state index in [9.17, 15) is 9.59 Å². The van der Waals surface area contributed by atoms with Gasteiger partial charge in [0.15, 0.2) is 0 Å². The van der Waals surface area contributed by atoms with Crippen molar-refractivity contribution >= 4 is 27.5 Å². The minimum Gasteiger partial charge on any atom is -0.382 e. The molecule has 6 nitrogen and oxygen atoms in total. The summed E-state index contributed by atoms with van der Waals surface area (Å²) >= 11 is 3.23. The molecule has 1 heterocycles. The second kappa shape index (κ2) is 7.15. The van der Waals surface area contributed by atoms with Crippen molar-refractivity contribution in [1.29, 1.82) is 0 Å². The van der Waals surface area contributed by atoms with Gasteiger partial charge in [0.25, 0.3) is 5.56 Å². The Kier molecular flexibility index (Phi) is 5.84. The monoisotopic (exact) mass is 316 g/mol. The molecule has 0 atom stereocenters. The number of carbonyl (C=O) groups is 1. The molecule has 0 spiro atoms. The maximum Gasteiger partial charge on any atom is 0.283 e. The van der Waals surface area contributed by atoms with Crippen LogP contribution in [-0.4, -0.2) is 28.8 Å². The lowest BCUT2D eigenvalue weighted by molar-refractivity contribution is -0.120. The van der Waals surface area contributed by atoms with Crippen molar-refractivity contribution in [3.63, 3.8) is 0 Å². The third-order valence-electron chi connectivity index (χ3n) is 2.33. The number of carbonyl (C=O) groups excluding carboxylic acids is 1. The average Bonchev–Trinajstić information content (AvgIpc) is 2.35. The molecule has 0 aliphatic rings. The van der Waals surface area contributed by atoms with Crippen LogP contribution in [0.25, 0.3) is 0 Å². The summed E-state index contributed by atoms with van der Waals surface area (Å²) in [6.07, 6.45) is 1.93. The van der Waals surface area contributed by atoms with Crippen LogP contribution in [-0.2, 0) is 11.3 Å². The van der Waals surface area contributed by atoms with Crippen molar-refractivity contribution in [2.75, 3.05) is 18.4 Å². The molecule has 1 aromatic heterocycles. The van der Waals surface area contributed by atoms with Gasteiger partial charge in [0.2, 0.25) is 5.91 Å². The summed E-state index contributed by atoms with van der Waals surface area (Å²) in [5.74, 6) is -0.0176. The van der Waals surface area contributed by atoms with E-state index in [4.69, 9.17) is 0 Å². The lowest BCUT2D eigenvalue weighted by Crippen LogP contribution is -2.26. The smallest absolute Gasteiger partial charge is 0.283 e. The number of rotatable bonds is 6. The number of amides is 1. The number of hydrogen-bond acceptors (Lipinski definition) is 4. The average molecular weight is 317 g/mol. The first-order valence-electron chi connectivity index (χ1n) is 5.86. The Balaban J connectivity index is 2.61.